The molecule has 1 N–H and O–H groups in total. The minimum absolute atomic E-state index is 0.00234. The van der Waals surface area contributed by atoms with Gasteiger partial charge in [-0.05, 0) is 43.4 Å². The standard InChI is InChI=1S/C22H27N5O3/c1-15(17-4-3-7-23-11-17)26(2)22(29)18-10-19-21(24-12-18)25-13-20(28)27(19)14-16-5-8-30-9-6-16/h3-4,7,10-12,15-16H,5-6,8-9,13-14H2,1-2H3,(H,24,25). The lowest BCUT2D eigenvalue weighted by Gasteiger charge is -2.34. The highest BCUT2D eigenvalue weighted by Crippen LogP contribution is 2.31. The lowest BCUT2D eigenvalue weighted by molar-refractivity contribution is -0.117. The zero-order valence-corrected chi connectivity index (χ0v) is 17.4. The van der Waals surface area contributed by atoms with E-state index in [1.165, 1.54) is 0 Å². The number of fused-ring (bicyclic) bond motifs is 1. The summed E-state index contributed by atoms with van der Waals surface area (Å²) in [6.07, 6.45) is 6.91. The summed E-state index contributed by atoms with van der Waals surface area (Å²) in [5, 5.41) is 3.06. The van der Waals surface area contributed by atoms with Crippen molar-refractivity contribution in [1.82, 2.24) is 14.9 Å². The lowest BCUT2D eigenvalue weighted by Crippen LogP contribution is -2.44. The molecule has 0 aliphatic carbocycles. The van der Waals surface area contributed by atoms with Gasteiger partial charge in [-0.25, -0.2) is 4.98 Å². The van der Waals surface area contributed by atoms with E-state index in [-0.39, 0.29) is 24.4 Å². The third-order valence-corrected chi connectivity index (χ3v) is 5.96. The van der Waals surface area contributed by atoms with Crippen molar-refractivity contribution in [2.45, 2.75) is 25.8 Å². The van der Waals surface area contributed by atoms with Gasteiger partial charge in [0.25, 0.3) is 5.91 Å². The van der Waals surface area contributed by atoms with Gasteiger partial charge in [-0.15, -0.1) is 0 Å². The number of aromatic nitrogens is 2. The molecule has 0 bridgehead atoms. The van der Waals surface area contributed by atoms with Crippen LogP contribution in [0.5, 0.6) is 0 Å². The average molecular weight is 409 g/mol. The summed E-state index contributed by atoms with van der Waals surface area (Å²) in [5.41, 5.74) is 2.09. The van der Waals surface area contributed by atoms with Gasteiger partial charge in [-0.2, -0.15) is 0 Å². The van der Waals surface area contributed by atoms with Crippen molar-refractivity contribution in [1.29, 1.82) is 0 Å². The Morgan fingerprint density at radius 1 is 1.37 bits per heavy atom. The van der Waals surface area contributed by atoms with E-state index in [9.17, 15) is 9.59 Å². The van der Waals surface area contributed by atoms with Gasteiger partial charge in [0.2, 0.25) is 5.91 Å². The topological polar surface area (TPSA) is 87.7 Å². The molecule has 2 amide bonds. The highest BCUT2D eigenvalue weighted by atomic mass is 16.5. The van der Waals surface area contributed by atoms with E-state index in [4.69, 9.17) is 4.74 Å². The largest absolute Gasteiger partial charge is 0.381 e. The Morgan fingerprint density at radius 2 is 2.17 bits per heavy atom. The molecule has 1 unspecified atom stereocenters. The zero-order valence-electron chi connectivity index (χ0n) is 17.4. The molecule has 2 aromatic heterocycles. The third-order valence-electron chi connectivity index (χ3n) is 5.96. The molecular weight excluding hydrogens is 382 g/mol. The molecule has 0 radical (unpaired) electrons. The Kier molecular flexibility index (Phi) is 5.94. The average Bonchev–Trinajstić information content (AvgIpc) is 2.80. The quantitative estimate of drug-likeness (QED) is 0.816. The summed E-state index contributed by atoms with van der Waals surface area (Å²) in [5.74, 6) is 0.880. The van der Waals surface area contributed by atoms with Crippen LogP contribution in [0.1, 0.15) is 41.7 Å². The summed E-state index contributed by atoms with van der Waals surface area (Å²) < 4.78 is 5.44. The molecule has 0 saturated carbocycles. The van der Waals surface area contributed by atoms with Crippen LogP contribution in [-0.4, -0.2) is 60.0 Å². The van der Waals surface area contributed by atoms with E-state index in [0.717, 1.165) is 31.6 Å². The van der Waals surface area contributed by atoms with E-state index in [1.807, 2.05) is 19.1 Å². The Morgan fingerprint density at radius 3 is 2.90 bits per heavy atom. The number of amides is 2. The normalized spacial score (nSPS) is 17.8. The number of ether oxygens (including phenoxy) is 1. The summed E-state index contributed by atoms with van der Waals surface area (Å²) in [7, 11) is 1.77. The Balaban J connectivity index is 1.57. The zero-order chi connectivity index (χ0) is 21.1. The van der Waals surface area contributed by atoms with Crippen molar-refractivity contribution in [2.24, 2.45) is 5.92 Å². The van der Waals surface area contributed by atoms with Crippen LogP contribution in [-0.2, 0) is 9.53 Å². The highest BCUT2D eigenvalue weighted by molar-refractivity contribution is 6.04. The summed E-state index contributed by atoms with van der Waals surface area (Å²) in [6.45, 7) is 4.26. The SMILES string of the molecule is CC(c1cccnc1)N(C)C(=O)c1cnc2c(c1)N(CC1CCOCC1)C(=O)CN2. The van der Waals surface area contributed by atoms with Crippen molar-refractivity contribution >= 4 is 23.3 Å². The Labute approximate surface area is 176 Å². The molecule has 1 saturated heterocycles. The van der Waals surface area contributed by atoms with Gasteiger partial charge >= 0.3 is 0 Å². The van der Waals surface area contributed by atoms with Gasteiger partial charge in [0.15, 0.2) is 0 Å². The first-order chi connectivity index (χ1) is 14.5. The number of carbonyl (C=O) groups excluding carboxylic acids is 2. The van der Waals surface area contributed by atoms with Crippen LogP contribution < -0.4 is 10.2 Å². The van der Waals surface area contributed by atoms with Crippen molar-refractivity contribution in [2.75, 3.05) is 43.6 Å². The smallest absolute Gasteiger partial charge is 0.255 e. The van der Waals surface area contributed by atoms with Crippen LogP contribution in [0, 0.1) is 5.92 Å². The van der Waals surface area contributed by atoms with Gasteiger partial charge in [-0.1, -0.05) is 6.07 Å². The van der Waals surface area contributed by atoms with Crippen LogP contribution in [0.15, 0.2) is 36.8 Å². The molecule has 4 heterocycles. The predicted octanol–water partition coefficient (Wildman–Crippen LogP) is 2.49. The van der Waals surface area contributed by atoms with Gasteiger partial charge in [0.05, 0.1) is 23.8 Å². The second kappa shape index (κ2) is 8.79. The third kappa shape index (κ3) is 4.14. The first kappa shape index (κ1) is 20.3. The summed E-state index contributed by atoms with van der Waals surface area (Å²) >= 11 is 0. The number of hydrogen-bond donors (Lipinski definition) is 1. The van der Waals surface area contributed by atoms with E-state index >= 15 is 0 Å². The number of pyridine rings is 2. The van der Waals surface area contributed by atoms with Gasteiger partial charge in [-0.3, -0.25) is 14.6 Å². The number of hydrogen-bond acceptors (Lipinski definition) is 6. The summed E-state index contributed by atoms with van der Waals surface area (Å²) in [6, 6.07) is 5.45. The minimum atomic E-state index is -0.148. The molecule has 0 spiro atoms. The van der Waals surface area contributed by atoms with E-state index in [2.05, 4.69) is 15.3 Å². The molecule has 1 atom stereocenters. The maximum atomic E-state index is 13.1. The van der Waals surface area contributed by atoms with Crippen LogP contribution in [0.25, 0.3) is 0 Å². The monoisotopic (exact) mass is 409 g/mol. The second-order valence-corrected chi connectivity index (χ2v) is 7.88. The molecule has 1 fully saturated rings. The van der Waals surface area contributed by atoms with Crippen molar-refractivity contribution in [3.63, 3.8) is 0 Å². The minimum Gasteiger partial charge on any atom is -0.381 e. The molecule has 2 aliphatic rings. The molecule has 4 rings (SSSR count). The molecule has 2 aromatic rings. The number of nitrogens with one attached hydrogen (secondary N) is 1. The van der Waals surface area contributed by atoms with Crippen LogP contribution in [0.2, 0.25) is 0 Å². The fraction of sp³-hybridized carbons (Fsp3) is 0.455. The van der Waals surface area contributed by atoms with Crippen molar-refractivity contribution < 1.29 is 14.3 Å². The number of anilines is 2. The van der Waals surface area contributed by atoms with Crippen molar-refractivity contribution in [3.05, 3.63) is 47.9 Å². The van der Waals surface area contributed by atoms with Gasteiger partial charge in [0, 0.05) is 45.4 Å². The molecule has 30 heavy (non-hydrogen) atoms. The number of nitrogens with zero attached hydrogens (tertiary/aromatic N) is 4. The molecule has 0 aromatic carbocycles. The molecule has 8 nitrogen and oxygen atoms in total. The molecule has 158 valence electrons. The fourth-order valence-corrected chi connectivity index (χ4v) is 3.91. The van der Waals surface area contributed by atoms with Gasteiger partial charge in [0.1, 0.15) is 5.82 Å². The fourth-order valence-electron chi connectivity index (χ4n) is 3.91. The predicted molar refractivity (Wildman–Crippen MR) is 113 cm³/mol. The van der Waals surface area contributed by atoms with Gasteiger partial charge < -0.3 is 19.9 Å². The Bertz CT molecular complexity index is 914. The van der Waals surface area contributed by atoms with Crippen LogP contribution in [0.3, 0.4) is 0 Å². The molecule has 2 aliphatic heterocycles. The van der Waals surface area contributed by atoms with E-state index < -0.39 is 0 Å². The van der Waals surface area contributed by atoms with Crippen molar-refractivity contribution in [3.8, 4) is 0 Å². The number of carbonyl (C=O) groups is 2. The second-order valence-electron chi connectivity index (χ2n) is 7.88. The maximum Gasteiger partial charge on any atom is 0.255 e. The highest BCUT2D eigenvalue weighted by Gasteiger charge is 2.30. The maximum absolute atomic E-state index is 13.1. The van der Waals surface area contributed by atoms with Crippen LogP contribution in [0.4, 0.5) is 11.5 Å². The lowest BCUT2D eigenvalue weighted by atomic mass is 9.99. The first-order valence-electron chi connectivity index (χ1n) is 10.3. The Hall–Kier alpha value is -3.00. The van der Waals surface area contributed by atoms with Crippen LogP contribution >= 0.6 is 0 Å². The van der Waals surface area contributed by atoms with E-state index in [0.29, 0.717) is 29.5 Å². The summed E-state index contributed by atoms with van der Waals surface area (Å²) in [4.78, 5) is 37.8. The number of rotatable bonds is 5. The molecular formula is C22H27N5O3. The van der Waals surface area contributed by atoms with E-state index in [1.54, 1.807) is 41.5 Å². The first-order valence-corrected chi connectivity index (χ1v) is 10.3. The molecule has 8 heteroatoms.